The third kappa shape index (κ3) is 3.73. The lowest BCUT2D eigenvalue weighted by Crippen LogP contribution is -2.38. The van der Waals surface area contributed by atoms with Gasteiger partial charge >= 0.3 is 0 Å². The summed E-state index contributed by atoms with van der Waals surface area (Å²) in [6, 6.07) is 20.8. The molecule has 4 heteroatoms. The molecular weight excluding hydrogens is 358 g/mol. The largest absolute Gasteiger partial charge is 0.363 e. The molecular formula is C25H27N3O. The van der Waals surface area contributed by atoms with E-state index in [0.717, 1.165) is 51.1 Å². The molecule has 3 aromatic rings. The molecule has 0 bridgehead atoms. The zero-order valence-electron chi connectivity index (χ0n) is 16.7. The Labute approximate surface area is 172 Å². The van der Waals surface area contributed by atoms with Crippen LogP contribution in [0.4, 0.5) is 0 Å². The molecule has 2 aliphatic heterocycles. The van der Waals surface area contributed by atoms with Crippen molar-refractivity contribution in [1.82, 2.24) is 14.8 Å². The highest BCUT2D eigenvalue weighted by atomic mass is 16.2. The summed E-state index contributed by atoms with van der Waals surface area (Å²) in [7, 11) is 0. The summed E-state index contributed by atoms with van der Waals surface area (Å²) in [5.41, 5.74) is 5.93. The zero-order valence-corrected chi connectivity index (χ0v) is 16.7. The van der Waals surface area contributed by atoms with Crippen LogP contribution in [0, 0.1) is 5.92 Å². The number of nitrogens with zero attached hydrogens (tertiary/aromatic N) is 2. The second kappa shape index (κ2) is 7.88. The quantitative estimate of drug-likeness (QED) is 0.700. The van der Waals surface area contributed by atoms with Gasteiger partial charge in [-0.2, -0.15) is 0 Å². The van der Waals surface area contributed by atoms with Gasteiger partial charge in [-0.05, 0) is 55.1 Å². The van der Waals surface area contributed by atoms with Gasteiger partial charge in [0.1, 0.15) is 0 Å². The highest BCUT2D eigenvalue weighted by Gasteiger charge is 2.30. The number of piperidine rings is 1. The maximum atomic E-state index is 12.6. The van der Waals surface area contributed by atoms with E-state index in [1.807, 2.05) is 29.3 Å². The lowest BCUT2D eigenvalue weighted by atomic mass is 9.95. The van der Waals surface area contributed by atoms with Gasteiger partial charge in [-0.25, -0.2) is 0 Å². The molecule has 2 aromatic carbocycles. The van der Waals surface area contributed by atoms with Crippen molar-refractivity contribution in [3.63, 3.8) is 0 Å². The summed E-state index contributed by atoms with van der Waals surface area (Å²) in [5.74, 6) is 0.809. The van der Waals surface area contributed by atoms with Crippen LogP contribution < -0.4 is 0 Å². The number of hydrogen-bond acceptors (Lipinski definition) is 2. The molecule has 0 spiro atoms. The summed E-state index contributed by atoms with van der Waals surface area (Å²) >= 11 is 0. The first-order valence-corrected chi connectivity index (χ1v) is 10.6. The SMILES string of the molecule is O=C1c2ccccc2CN1CC1CCN(Cc2[nH]ccc2-c2ccccc2)CC1. The van der Waals surface area contributed by atoms with Crippen molar-refractivity contribution in [2.75, 3.05) is 19.6 Å². The second-order valence-corrected chi connectivity index (χ2v) is 8.30. The maximum absolute atomic E-state index is 12.6. The van der Waals surface area contributed by atoms with Gasteiger partial charge in [0.05, 0.1) is 0 Å². The Morgan fingerprint density at radius 3 is 2.45 bits per heavy atom. The van der Waals surface area contributed by atoms with E-state index in [-0.39, 0.29) is 5.91 Å². The van der Waals surface area contributed by atoms with Crippen molar-refractivity contribution in [3.05, 3.63) is 83.7 Å². The van der Waals surface area contributed by atoms with Crippen LogP contribution >= 0.6 is 0 Å². The average Bonchev–Trinajstić information content (AvgIpc) is 3.35. The number of aromatic nitrogens is 1. The predicted molar refractivity (Wildman–Crippen MR) is 115 cm³/mol. The monoisotopic (exact) mass is 385 g/mol. The first-order chi connectivity index (χ1) is 14.3. The molecule has 0 aliphatic carbocycles. The van der Waals surface area contributed by atoms with E-state index in [9.17, 15) is 4.79 Å². The molecule has 0 radical (unpaired) electrons. The van der Waals surface area contributed by atoms with Gasteiger partial charge in [-0.1, -0.05) is 48.5 Å². The van der Waals surface area contributed by atoms with Crippen LogP contribution in [-0.4, -0.2) is 40.3 Å². The molecule has 1 fully saturated rings. The number of aromatic amines is 1. The van der Waals surface area contributed by atoms with Crippen molar-refractivity contribution in [1.29, 1.82) is 0 Å². The highest BCUT2D eigenvalue weighted by Crippen LogP contribution is 2.28. The molecule has 1 N–H and O–H groups in total. The molecule has 1 saturated heterocycles. The lowest BCUT2D eigenvalue weighted by Gasteiger charge is -2.33. The molecule has 2 aliphatic rings. The molecule has 4 nitrogen and oxygen atoms in total. The normalized spacial score (nSPS) is 17.7. The van der Waals surface area contributed by atoms with Crippen LogP contribution in [0.3, 0.4) is 0 Å². The molecule has 29 heavy (non-hydrogen) atoms. The Morgan fingerprint density at radius 2 is 1.66 bits per heavy atom. The van der Waals surface area contributed by atoms with Gasteiger partial charge in [-0.15, -0.1) is 0 Å². The molecule has 148 valence electrons. The fourth-order valence-electron chi connectivity index (χ4n) is 4.75. The number of likely N-dealkylation sites (tertiary alicyclic amines) is 1. The lowest BCUT2D eigenvalue weighted by molar-refractivity contribution is 0.0711. The predicted octanol–water partition coefficient (Wildman–Crippen LogP) is 4.55. The minimum atomic E-state index is 0.210. The number of carbonyl (C=O) groups is 1. The van der Waals surface area contributed by atoms with Crippen LogP contribution in [0.2, 0.25) is 0 Å². The van der Waals surface area contributed by atoms with E-state index < -0.39 is 0 Å². The summed E-state index contributed by atoms with van der Waals surface area (Å²) in [5, 5.41) is 0. The maximum Gasteiger partial charge on any atom is 0.254 e. The first kappa shape index (κ1) is 18.2. The summed E-state index contributed by atoms with van der Waals surface area (Å²) in [6.07, 6.45) is 4.35. The third-order valence-corrected chi connectivity index (χ3v) is 6.38. The highest BCUT2D eigenvalue weighted by molar-refractivity contribution is 5.98. The number of amides is 1. The van der Waals surface area contributed by atoms with Gasteiger partial charge < -0.3 is 9.88 Å². The first-order valence-electron chi connectivity index (χ1n) is 10.6. The molecule has 0 saturated carbocycles. The van der Waals surface area contributed by atoms with Crippen LogP contribution in [0.1, 0.15) is 34.5 Å². The number of benzene rings is 2. The van der Waals surface area contributed by atoms with Crippen LogP contribution in [0.15, 0.2) is 66.9 Å². The Hall–Kier alpha value is -2.85. The van der Waals surface area contributed by atoms with Crippen molar-refractivity contribution in [2.24, 2.45) is 5.92 Å². The van der Waals surface area contributed by atoms with Crippen LogP contribution in [0.5, 0.6) is 0 Å². The molecule has 0 unspecified atom stereocenters. The second-order valence-electron chi connectivity index (χ2n) is 8.30. The van der Waals surface area contributed by atoms with Crippen LogP contribution in [0.25, 0.3) is 11.1 Å². The topological polar surface area (TPSA) is 39.3 Å². The Morgan fingerprint density at radius 1 is 0.897 bits per heavy atom. The fraction of sp³-hybridized carbons (Fsp3) is 0.320. The number of fused-ring (bicyclic) bond motifs is 1. The minimum absolute atomic E-state index is 0.210. The number of H-pyrrole nitrogens is 1. The van der Waals surface area contributed by atoms with Crippen molar-refractivity contribution < 1.29 is 4.79 Å². The van der Waals surface area contributed by atoms with Gasteiger partial charge in [0.25, 0.3) is 5.91 Å². The van der Waals surface area contributed by atoms with E-state index in [1.165, 1.54) is 22.4 Å². The Kier molecular flexibility index (Phi) is 4.94. The molecule has 1 amide bonds. The van der Waals surface area contributed by atoms with Crippen molar-refractivity contribution in [2.45, 2.75) is 25.9 Å². The number of carbonyl (C=O) groups excluding carboxylic acids is 1. The van der Waals surface area contributed by atoms with E-state index in [4.69, 9.17) is 0 Å². The molecule has 5 rings (SSSR count). The zero-order chi connectivity index (χ0) is 19.6. The molecule has 1 aromatic heterocycles. The molecule has 0 atom stereocenters. The smallest absolute Gasteiger partial charge is 0.254 e. The van der Waals surface area contributed by atoms with Gasteiger partial charge in [0.15, 0.2) is 0 Å². The van der Waals surface area contributed by atoms with E-state index in [1.54, 1.807) is 0 Å². The molecule has 3 heterocycles. The number of rotatable bonds is 5. The average molecular weight is 386 g/mol. The van der Waals surface area contributed by atoms with Crippen LogP contribution in [-0.2, 0) is 13.1 Å². The van der Waals surface area contributed by atoms with E-state index in [2.05, 4.69) is 52.3 Å². The summed E-state index contributed by atoms with van der Waals surface area (Å²) in [4.78, 5) is 20.7. The summed E-state index contributed by atoms with van der Waals surface area (Å²) < 4.78 is 0. The van der Waals surface area contributed by atoms with Gasteiger partial charge in [-0.3, -0.25) is 9.69 Å². The van der Waals surface area contributed by atoms with E-state index in [0.29, 0.717) is 5.92 Å². The fourth-order valence-corrected chi connectivity index (χ4v) is 4.75. The summed E-state index contributed by atoms with van der Waals surface area (Å²) in [6.45, 7) is 4.80. The van der Waals surface area contributed by atoms with Gasteiger partial charge in [0.2, 0.25) is 0 Å². The Balaban J connectivity index is 1.16. The van der Waals surface area contributed by atoms with E-state index >= 15 is 0 Å². The minimum Gasteiger partial charge on any atom is -0.363 e. The Bertz CT molecular complexity index is 986. The van der Waals surface area contributed by atoms with Crippen molar-refractivity contribution in [3.8, 4) is 11.1 Å². The standard InChI is InChI=1S/C25H27N3O/c29-25-23-9-5-4-8-21(23)17-28(25)16-19-11-14-27(15-12-19)18-24-22(10-13-26-24)20-6-2-1-3-7-20/h1-10,13,19,26H,11-12,14-18H2. The number of nitrogens with one attached hydrogen (secondary N) is 1. The number of hydrogen-bond donors (Lipinski definition) is 1. The van der Waals surface area contributed by atoms with Crippen molar-refractivity contribution >= 4 is 5.91 Å². The third-order valence-electron chi connectivity index (χ3n) is 6.38. The van der Waals surface area contributed by atoms with Gasteiger partial charge in [0, 0.05) is 42.7 Å².